The molecule has 1 fully saturated rings. The zero-order valence-electron chi connectivity index (χ0n) is 11.8. The lowest BCUT2D eigenvalue weighted by Crippen LogP contribution is -2.27. The fourth-order valence-electron chi connectivity index (χ4n) is 2.16. The first-order chi connectivity index (χ1) is 11.0. The topological polar surface area (TPSA) is 37.4 Å². The monoisotopic (exact) mass is 331 g/mol. The second-order valence-electron chi connectivity index (χ2n) is 4.95. The van der Waals surface area contributed by atoms with Gasteiger partial charge in [-0.3, -0.25) is 14.5 Å². The summed E-state index contributed by atoms with van der Waals surface area (Å²) in [5, 5.41) is -0.401. The maximum absolute atomic E-state index is 13.2. The largest absolute Gasteiger partial charge is 0.293 e. The molecule has 0 unspecified atom stereocenters. The lowest BCUT2D eigenvalue weighted by Gasteiger charge is -2.12. The summed E-state index contributed by atoms with van der Waals surface area (Å²) in [4.78, 5) is 25.7. The number of benzene rings is 2. The third-order valence-electron chi connectivity index (χ3n) is 3.27. The Morgan fingerprint density at radius 1 is 1.00 bits per heavy atom. The highest BCUT2D eigenvalue weighted by Crippen LogP contribution is 2.33. The van der Waals surface area contributed by atoms with Crippen LogP contribution < -0.4 is 0 Å². The van der Waals surface area contributed by atoms with Gasteiger partial charge in [0.1, 0.15) is 11.6 Å². The van der Waals surface area contributed by atoms with E-state index in [0.717, 1.165) is 16.7 Å². The number of amides is 2. The average Bonchev–Trinajstić information content (AvgIpc) is 2.77. The normalized spacial score (nSPS) is 16.4. The Hall–Kier alpha value is -2.47. The molecule has 0 bridgehead atoms. The zero-order chi connectivity index (χ0) is 16.4. The van der Waals surface area contributed by atoms with Crippen molar-refractivity contribution in [2.24, 2.45) is 0 Å². The quantitative estimate of drug-likeness (QED) is 0.791. The maximum Gasteiger partial charge on any atom is 0.293 e. The standard InChI is InChI=1S/C17H11F2NO2S/c18-13-6-4-11(5-7-13)10-20-16(21)15(23-17(20)22)9-12-2-1-3-14(19)8-12/h1-9H,10H2. The minimum absolute atomic E-state index is 0.0748. The molecule has 0 saturated carbocycles. The summed E-state index contributed by atoms with van der Waals surface area (Å²) in [6.07, 6.45) is 1.48. The fraction of sp³-hybridized carbons (Fsp3) is 0.0588. The van der Waals surface area contributed by atoms with Gasteiger partial charge < -0.3 is 0 Å². The Labute approximate surface area is 135 Å². The number of thioether (sulfide) groups is 1. The van der Waals surface area contributed by atoms with Crippen LogP contribution in [-0.2, 0) is 11.3 Å². The Kier molecular flexibility index (Phi) is 4.25. The minimum Gasteiger partial charge on any atom is -0.268 e. The number of hydrogen-bond donors (Lipinski definition) is 0. The summed E-state index contributed by atoms with van der Waals surface area (Å²) in [6, 6.07) is 11.4. The molecule has 0 aromatic heterocycles. The van der Waals surface area contributed by atoms with Crippen LogP contribution in [0.3, 0.4) is 0 Å². The van der Waals surface area contributed by atoms with E-state index in [4.69, 9.17) is 0 Å². The number of hydrogen-bond acceptors (Lipinski definition) is 3. The molecule has 1 aliphatic rings. The molecular weight excluding hydrogens is 320 g/mol. The molecule has 1 aliphatic heterocycles. The molecular formula is C17H11F2NO2S. The Morgan fingerprint density at radius 3 is 2.43 bits per heavy atom. The molecule has 2 amide bonds. The van der Waals surface area contributed by atoms with Gasteiger partial charge in [0.2, 0.25) is 0 Å². The molecule has 23 heavy (non-hydrogen) atoms. The molecule has 2 aromatic rings. The number of rotatable bonds is 3. The van der Waals surface area contributed by atoms with E-state index in [2.05, 4.69) is 0 Å². The zero-order valence-corrected chi connectivity index (χ0v) is 12.6. The van der Waals surface area contributed by atoms with Crippen LogP contribution in [0.4, 0.5) is 13.6 Å². The molecule has 116 valence electrons. The predicted molar refractivity (Wildman–Crippen MR) is 84.3 cm³/mol. The van der Waals surface area contributed by atoms with E-state index in [1.165, 1.54) is 48.5 Å². The van der Waals surface area contributed by atoms with Crippen molar-refractivity contribution in [1.82, 2.24) is 4.90 Å². The van der Waals surface area contributed by atoms with Crippen molar-refractivity contribution < 1.29 is 18.4 Å². The van der Waals surface area contributed by atoms with E-state index >= 15 is 0 Å². The molecule has 0 N–H and O–H groups in total. The smallest absolute Gasteiger partial charge is 0.268 e. The highest BCUT2D eigenvalue weighted by molar-refractivity contribution is 8.18. The van der Waals surface area contributed by atoms with Crippen LogP contribution in [0.5, 0.6) is 0 Å². The molecule has 0 spiro atoms. The van der Waals surface area contributed by atoms with Crippen LogP contribution in [0.1, 0.15) is 11.1 Å². The first kappa shape index (κ1) is 15.4. The van der Waals surface area contributed by atoms with Crippen molar-refractivity contribution in [2.45, 2.75) is 6.54 Å². The van der Waals surface area contributed by atoms with E-state index in [9.17, 15) is 18.4 Å². The second-order valence-corrected chi connectivity index (χ2v) is 5.94. The molecule has 1 saturated heterocycles. The van der Waals surface area contributed by atoms with Gasteiger partial charge in [0, 0.05) is 0 Å². The minimum atomic E-state index is -0.436. The molecule has 2 aromatic carbocycles. The van der Waals surface area contributed by atoms with E-state index in [1.807, 2.05) is 0 Å². The van der Waals surface area contributed by atoms with Crippen molar-refractivity contribution in [3.63, 3.8) is 0 Å². The number of nitrogens with zero attached hydrogens (tertiary/aromatic N) is 1. The Balaban J connectivity index is 1.81. The first-order valence-corrected chi connectivity index (χ1v) is 7.60. The van der Waals surface area contributed by atoms with Gasteiger partial charge in [0.05, 0.1) is 11.4 Å². The molecule has 0 atom stereocenters. The number of imide groups is 1. The number of carbonyl (C=O) groups excluding carboxylic acids is 2. The highest BCUT2D eigenvalue weighted by atomic mass is 32.2. The van der Waals surface area contributed by atoms with Gasteiger partial charge in [-0.05, 0) is 53.2 Å². The van der Waals surface area contributed by atoms with Gasteiger partial charge in [-0.1, -0.05) is 24.3 Å². The van der Waals surface area contributed by atoms with Crippen LogP contribution in [-0.4, -0.2) is 16.0 Å². The third kappa shape index (κ3) is 3.48. The number of halogens is 2. The molecule has 3 nitrogen and oxygen atoms in total. The summed E-state index contributed by atoms with van der Waals surface area (Å²) in [5.41, 5.74) is 1.16. The van der Waals surface area contributed by atoms with Crippen LogP contribution in [0, 0.1) is 11.6 Å². The number of carbonyl (C=O) groups is 2. The van der Waals surface area contributed by atoms with Crippen LogP contribution in [0.2, 0.25) is 0 Å². The first-order valence-electron chi connectivity index (χ1n) is 6.78. The summed E-state index contributed by atoms with van der Waals surface area (Å²) >= 11 is 0.807. The Bertz CT molecular complexity index is 802. The molecule has 1 heterocycles. The van der Waals surface area contributed by atoms with Crippen molar-refractivity contribution in [1.29, 1.82) is 0 Å². The lowest BCUT2D eigenvalue weighted by atomic mass is 10.2. The fourth-order valence-corrected chi connectivity index (χ4v) is 2.99. The van der Waals surface area contributed by atoms with Gasteiger partial charge in [0.15, 0.2) is 0 Å². The molecule has 3 rings (SSSR count). The van der Waals surface area contributed by atoms with Crippen LogP contribution >= 0.6 is 11.8 Å². The molecule has 6 heteroatoms. The van der Waals surface area contributed by atoms with Crippen molar-refractivity contribution in [2.75, 3.05) is 0 Å². The third-order valence-corrected chi connectivity index (χ3v) is 4.18. The lowest BCUT2D eigenvalue weighted by molar-refractivity contribution is -0.123. The second kappa shape index (κ2) is 6.34. The van der Waals surface area contributed by atoms with Gasteiger partial charge in [-0.15, -0.1) is 0 Å². The van der Waals surface area contributed by atoms with E-state index < -0.39 is 17.0 Å². The Morgan fingerprint density at radius 2 is 1.74 bits per heavy atom. The van der Waals surface area contributed by atoms with Gasteiger partial charge in [-0.25, -0.2) is 8.78 Å². The summed E-state index contributed by atoms with van der Waals surface area (Å²) in [6.45, 7) is 0.0748. The van der Waals surface area contributed by atoms with Crippen LogP contribution in [0.25, 0.3) is 6.08 Å². The SMILES string of the molecule is O=C1SC(=Cc2cccc(F)c2)C(=O)N1Cc1ccc(F)cc1. The van der Waals surface area contributed by atoms with Crippen molar-refractivity contribution >= 4 is 29.0 Å². The molecule has 0 radical (unpaired) electrons. The molecule has 0 aliphatic carbocycles. The predicted octanol–water partition coefficient (Wildman–Crippen LogP) is 4.20. The highest BCUT2D eigenvalue weighted by Gasteiger charge is 2.34. The van der Waals surface area contributed by atoms with E-state index in [1.54, 1.807) is 6.07 Å². The van der Waals surface area contributed by atoms with Gasteiger partial charge in [0.25, 0.3) is 11.1 Å². The van der Waals surface area contributed by atoms with Gasteiger partial charge >= 0.3 is 0 Å². The maximum atomic E-state index is 13.2. The van der Waals surface area contributed by atoms with Crippen molar-refractivity contribution in [3.05, 3.63) is 76.2 Å². The van der Waals surface area contributed by atoms with Crippen molar-refractivity contribution in [3.8, 4) is 0 Å². The van der Waals surface area contributed by atoms with E-state index in [-0.39, 0.29) is 17.3 Å². The average molecular weight is 331 g/mol. The summed E-state index contributed by atoms with van der Waals surface area (Å²) < 4.78 is 26.1. The van der Waals surface area contributed by atoms with Crippen LogP contribution in [0.15, 0.2) is 53.4 Å². The van der Waals surface area contributed by atoms with Gasteiger partial charge in [-0.2, -0.15) is 0 Å². The summed E-state index contributed by atoms with van der Waals surface area (Å²) in [7, 11) is 0. The summed E-state index contributed by atoms with van der Waals surface area (Å²) in [5.74, 6) is -1.23. The van der Waals surface area contributed by atoms with E-state index in [0.29, 0.717) is 11.1 Å².